The van der Waals surface area contributed by atoms with Crippen molar-refractivity contribution in [1.29, 1.82) is 0 Å². The van der Waals surface area contributed by atoms with Crippen molar-refractivity contribution in [3.05, 3.63) is 0 Å². The number of amides is 1. The molecule has 124 valence electrons. The van der Waals surface area contributed by atoms with E-state index in [1.807, 2.05) is 11.8 Å². The predicted molar refractivity (Wildman–Crippen MR) is 94.1 cm³/mol. The van der Waals surface area contributed by atoms with Crippen LogP contribution in [0.5, 0.6) is 0 Å². The average Bonchev–Trinajstić information content (AvgIpc) is 2.48. The Morgan fingerprint density at radius 3 is 2.57 bits per heavy atom. The summed E-state index contributed by atoms with van der Waals surface area (Å²) < 4.78 is 0. The van der Waals surface area contributed by atoms with Gasteiger partial charge in [0.05, 0.1) is 0 Å². The van der Waals surface area contributed by atoms with E-state index in [1.165, 1.54) is 32.1 Å². The first-order valence-corrected chi connectivity index (χ1v) is 9.48. The molecule has 2 atom stereocenters. The van der Waals surface area contributed by atoms with Crippen LogP contribution in [-0.2, 0) is 4.79 Å². The number of carbonyl (C=O) groups excluding carboxylic acids is 1. The van der Waals surface area contributed by atoms with E-state index in [2.05, 4.69) is 11.6 Å². The van der Waals surface area contributed by atoms with Gasteiger partial charge in [0.2, 0.25) is 5.91 Å². The molecule has 0 heterocycles. The quantitative estimate of drug-likeness (QED) is 0.809. The van der Waals surface area contributed by atoms with Crippen molar-refractivity contribution in [3.8, 4) is 0 Å². The Kier molecular flexibility index (Phi) is 8.43. The SMILES string of the molecule is CSC1CCCC(NC(=O)CC2(CN)CCCCC2)C1.Cl. The predicted octanol–water partition coefficient (Wildman–Crippen LogP) is 3.50. The zero-order valence-corrected chi connectivity index (χ0v) is 14.9. The number of carbonyl (C=O) groups is 1. The summed E-state index contributed by atoms with van der Waals surface area (Å²) in [6.07, 6.45) is 13.7. The Hall–Kier alpha value is 0.0700. The molecule has 0 aromatic heterocycles. The summed E-state index contributed by atoms with van der Waals surface area (Å²) in [6, 6.07) is 0.395. The Bertz CT molecular complexity index is 321. The highest BCUT2D eigenvalue weighted by Gasteiger charge is 2.33. The summed E-state index contributed by atoms with van der Waals surface area (Å²) in [5, 5.41) is 4.01. The number of hydrogen-bond acceptors (Lipinski definition) is 3. The van der Waals surface area contributed by atoms with Crippen LogP contribution < -0.4 is 11.1 Å². The van der Waals surface area contributed by atoms with Gasteiger partial charge in [-0.3, -0.25) is 4.79 Å². The third kappa shape index (κ3) is 5.65. The van der Waals surface area contributed by atoms with Gasteiger partial charge in [0.25, 0.3) is 0 Å². The molecular weight excluding hydrogens is 304 g/mol. The maximum absolute atomic E-state index is 12.4. The van der Waals surface area contributed by atoms with Crippen molar-refractivity contribution in [2.75, 3.05) is 12.8 Å². The molecule has 2 aliphatic rings. The number of rotatable bonds is 5. The minimum atomic E-state index is 0. The molecule has 2 rings (SSSR count). The van der Waals surface area contributed by atoms with Gasteiger partial charge in [0.15, 0.2) is 0 Å². The first kappa shape index (κ1) is 19.1. The van der Waals surface area contributed by atoms with Crippen molar-refractivity contribution in [2.45, 2.75) is 75.5 Å². The lowest BCUT2D eigenvalue weighted by Gasteiger charge is -2.36. The van der Waals surface area contributed by atoms with E-state index >= 15 is 0 Å². The third-order valence-corrected chi connectivity index (χ3v) is 6.30. The van der Waals surface area contributed by atoms with Gasteiger partial charge < -0.3 is 11.1 Å². The monoisotopic (exact) mass is 334 g/mol. The fraction of sp³-hybridized carbons (Fsp3) is 0.938. The lowest BCUT2D eigenvalue weighted by Crippen LogP contribution is -2.43. The van der Waals surface area contributed by atoms with E-state index < -0.39 is 0 Å². The molecule has 2 unspecified atom stereocenters. The molecule has 0 bridgehead atoms. The van der Waals surface area contributed by atoms with Crippen molar-refractivity contribution >= 4 is 30.1 Å². The van der Waals surface area contributed by atoms with E-state index in [0.29, 0.717) is 19.0 Å². The molecular formula is C16H31ClN2OS. The van der Waals surface area contributed by atoms with Gasteiger partial charge in [-0.1, -0.05) is 25.7 Å². The van der Waals surface area contributed by atoms with E-state index in [4.69, 9.17) is 5.73 Å². The summed E-state index contributed by atoms with van der Waals surface area (Å²) in [5.41, 5.74) is 6.07. The zero-order valence-electron chi connectivity index (χ0n) is 13.2. The summed E-state index contributed by atoms with van der Waals surface area (Å²) in [6.45, 7) is 0.665. The molecule has 5 heteroatoms. The minimum absolute atomic E-state index is 0. The zero-order chi connectivity index (χ0) is 14.4. The van der Waals surface area contributed by atoms with Crippen molar-refractivity contribution in [2.24, 2.45) is 11.1 Å². The highest BCUT2D eigenvalue weighted by atomic mass is 35.5. The van der Waals surface area contributed by atoms with E-state index in [-0.39, 0.29) is 23.7 Å². The first-order chi connectivity index (χ1) is 9.67. The molecule has 2 fully saturated rings. The summed E-state index contributed by atoms with van der Waals surface area (Å²) in [7, 11) is 0. The number of halogens is 1. The fourth-order valence-electron chi connectivity index (χ4n) is 3.86. The van der Waals surface area contributed by atoms with Crippen molar-refractivity contribution in [1.82, 2.24) is 5.32 Å². The lowest BCUT2D eigenvalue weighted by molar-refractivity contribution is -0.124. The smallest absolute Gasteiger partial charge is 0.220 e. The number of thioether (sulfide) groups is 1. The topological polar surface area (TPSA) is 55.1 Å². The van der Waals surface area contributed by atoms with E-state index in [9.17, 15) is 4.79 Å². The summed E-state index contributed by atoms with van der Waals surface area (Å²) in [5.74, 6) is 0.240. The number of nitrogens with one attached hydrogen (secondary N) is 1. The molecule has 0 aromatic carbocycles. The Morgan fingerprint density at radius 1 is 1.24 bits per heavy atom. The van der Waals surface area contributed by atoms with Gasteiger partial charge in [-0.2, -0.15) is 11.8 Å². The molecule has 3 nitrogen and oxygen atoms in total. The molecule has 0 saturated heterocycles. The van der Waals surface area contributed by atoms with Crippen molar-refractivity contribution < 1.29 is 4.79 Å². The van der Waals surface area contributed by atoms with Crippen LogP contribution in [0, 0.1) is 5.41 Å². The molecule has 0 aromatic rings. The normalized spacial score (nSPS) is 28.5. The van der Waals surface area contributed by atoms with Gasteiger partial charge in [-0.15, -0.1) is 12.4 Å². The molecule has 0 radical (unpaired) electrons. The van der Waals surface area contributed by atoms with Gasteiger partial charge in [0, 0.05) is 17.7 Å². The van der Waals surface area contributed by atoms with E-state index in [1.54, 1.807) is 0 Å². The van der Waals surface area contributed by atoms with Crippen molar-refractivity contribution in [3.63, 3.8) is 0 Å². The second kappa shape index (κ2) is 9.26. The van der Waals surface area contributed by atoms with Crippen LogP contribution in [0.2, 0.25) is 0 Å². The second-order valence-corrected chi connectivity index (χ2v) is 7.87. The number of hydrogen-bond donors (Lipinski definition) is 2. The molecule has 0 aliphatic heterocycles. The summed E-state index contributed by atoms with van der Waals surface area (Å²) in [4.78, 5) is 12.4. The van der Waals surface area contributed by atoms with Crippen LogP contribution in [0.15, 0.2) is 0 Å². The largest absolute Gasteiger partial charge is 0.353 e. The minimum Gasteiger partial charge on any atom is -0.353 e. The van der Waals surface area contributed by atoms with Crippen LogP contribution in [0.4, 0.5) is 0 Å². The molecule has 1 amide bonds. The van der Waals surface area contributed by atoms with Gasteiger partial charge in [0.1, 0.15) is 0 Å². The highest BCUT2D eigenvalue weighted by Crippen LogP contribution is 2.38. The first-order valence-electron chi connectivity index (χ1n) is 8.20. The molecule has 2 saturated carbocycles. The van der Waals surface area contributed by atoms with Crippen LogP contribution in [0.1, 0.15) is 64.2 Å². The van der Waals surface area contributed by atoms with Gasteiger partial charge >= 0.3 is 0 Å². The second-order valence-electron chi connectivity index (χ2n) is 6.73. The lowest BCUT2D eigenvalue weighted by atomic mass is 9.71. The fourth-order valence-corrected chi connectivity index (χ4v) is 4.69. The Morgan fingerprint density at radius 2 is 1.95 bits per heavy atom. The third-order valence-electron chi connectivity index (χ3n) is 5.21. The van der Waals surface area contributed by atoms with Crippen LogP contribution in [0.25, 0.3) is 0 Å². The van der Waals surface area contributed by atoms with Gasteiger partial charge in [-0.05, 0) is 50.3 Å². The molecule has 0 spiro atoms. The Labute approximate surface area is 140 Å². The maximum atomic E-state index is 12.4. The van der Waals surface area contributed by atoms with Gasteiger partial charge in [-0.25, -0.2) is 0 Å². The molecule has 2 aliphatic carbocycles. The highest BCUT2D eigenvalue weighted by molar-refractivity contribution is 7.99. The molecule has 3 N–H and O–H groups in total. The van der Waals surface area contributed by atoms with Crippen LogP contribution >= 0.6 is 24.2 Å². The van der Waals surface area contributed by atoms with E-state index in [0.717, 1.165) is 30.9 Å². The van der Waals surface area contributed by atoms with Crippen LogP contribution in [-0.4, -0.2) is 30.0 Å². The molecule has 21 heavy (non-hydrogen) atoms. The average molecular weight is 335 g/mol. The van der Waals surface area contributed by atoms with Crippen LogP contribution in [0.3, 0.4) is 0 Å². The standard InChI is InChI=1S/C16H30N2OS.ClH/c1-20-14-7-5-6-13(10-14)18-15(19)11-16(12-17)8-3-2-4-9-16;/h13-14H,2-12,17H2,1H3,(H,18,19);1H. The Balaban J connectivity index is 0.00000220. The maximum Gasteiger partial charge on any atom is 0.220 e. The number of nitrogens with two attached hydrogens (primary N) is 1. The summed E-state index contributed by atoms with van der Waals surface area (Å²) >= 11 is 1.94.